The number of ether oxygens (including phenoxy) is 3. The number of methoxy groups -OCH3 is 3. The lowest BCUT2D eigenvalue weighted by molar-refractivity contribution is -0.698. The molecule has 118 valence electrons. The lowest BCUT2D eigenvalue weighted by atomic mass is 9.92. The predicted octanol–water partition coefficient (Wildman–Crippen LogP) is 1.77. The molecule has 0 spiro atoms. The molecule has 2 N–H and O–H groups in total. The molecule has 21 heavy (non-hydrogen) atoms. The molecule has 2 atom stereocenters. The van der Waals surface area contributed by atoms with Crippen LogP contribution in [0.1, 0.15) is 31.2 Å². The van der Waals surface area contributed by atoms with Gasteiger partial charge in [0.05, 0.1) is 20.8 Å². The Kier molecular flexibility index (Phi) is 6.33. The topological polar surface area (TPSA) is 44.3 Å². The van der Waals surface area contributed by atoms with E-state index in [1.807, 2.05) is 13.2 Å². The molecule has 1 saturated carbocycles. The van der Waals surface area contributed by atoms with Crippen LogP contribution in [-0.2, 0) is 11.2 Å². The molecule has 0 amide bonds. The van der Waals surface area contributed by atoms with Crippen molar-refractivity contribution >= 4 is 0 Å². The molecular weight excluding hydrogens is 266 g/mol. The first-order valence-electron chi connectivity index (χ1n) is 7.85. The third kappa shape index (κ3) is 4.35. The summed E-state index contributed by atoms with van der Waals surface area (Å²) in [6.07, 6.45) is 6.56. The molecule has 1 aromatic rings. The summed E-state index contributed by atoms with van der Waals surface area (Å²) in [5.74, 6) is 1.60. The van der Waals surface area contributed by atoms with Crippen LogP contribution >= 0.6 is 0 Å². The molecule has 1 fully saturated rings. The highest BCUT2D eigenvalue weighted by Crippen LogP contribution is 2.27. The van der Waals surface area contributed by atoms with Crippen LogP contribution in [0.15, 0.2) is 18.2 Å². The third-order valence-corrected chi connectivity index (χ3v) is 4.41. The summed E-state index contributed by atoms with van der Waals surface area (Å²) in [6, 6.07) is 6.78. The smallest absolute Gasteiger partial charge is 0.160 e. The highest BCUT2D eigenvalue weighted by molar-refractivity contribution is 5.42. The summed E-state index contributed by atoms with van der Waals surface area (Å²) in [6.45, 7) is 1.08. The van der Waals surface area contributed by atoms with Crippen molar-refractivity contribution in [1.82, 2.24) is 0 Å². The summed E-state index contributed by atoms with van der Waals surface area (Å²) >= 11 is 0. The molecule has 0 radical (unpaired) electrons. The molecular formula is C17H28NO3+. The second-order valence-corrected chi connectivity index (χ2v) is 5.69. The maximum Gasteiger partial charge on any atom is 0.160 e. The maximum atomic E-state index is 5.61. The van der Waals surface area contributed by atoms with Crippen LogP contribution in [0.5, 0.6) is 11.5 Å². The van der Waals surface area contributed by atoms with Crippen LogP contribution in [-0.4, -0.2) is 40.0 Å². The summed E-state index contributed by atoms with van der Waals surface area (Å²) in [5, 5.41) is 2.45. The number of rotatable bonds is 7. The van der Waals surface area contributed by atoms with Gasteiger partial charge in [0.2, 0.25) is 0 Å². The molecule has 0 bridgehead atoms. The predicted molar refractivity (Wildman–Crippen MR) is 83.1 cm³/mol. The van der Waals surface area contributed by atoms with Gasteiger partial charge < -0.3 is 19.5 Å². The number of nitrogens with two attached hydrogens (primary N) is 1. The Balaban J connectivity index is 1.85. The van der Waals surface area contributed by atoms with Crippen LogP contribution in [0.2, 0.25) is 0 Å². The summed E-state index contributed by atoms with van der Waals surface area (Å²) < 4.78 is 16.2. The third-order valence-electron chi connectivity index (χ3n) is 4.41. The number of benzene rings is 1. The van der Waals surface area contributed by atoms with Crippen LogP contribution in [0.3, 0.4) is 0 Å². The zero-order valence-corrected chi connectivity index (χ0v) is 13.4. The Hall–Kier alpha value is -1.26. The van der Waals surface area contributed by atoms with Gasteiger partial charge in [-0.3, -0.25) is 0 Å². The minimum Gasteiger partial charge on any atom is -0.493 e. The lowest BCUT2D eigenvalue weighted by Gasteiger charge is -2.28. The van der Waals surface area contributed by atoms with Gasteiger partial charge in [-0.05, 0) is 30.5 Å². The van der Waals surface area contributed by atoms with Crippen molar-refractivity contribution < 1.29 is 19.5 Å². The average molecular weight is 294 g/mol. The lowest BCUT2D eigenvalue weighted by Crippen LogP contribution is -2.93. The van der Waals surface area contributed by atoms with Gasteiger partial charge in [-0.2, -0.15) is 0 Å². The van der Waals surface area contributed by atoms with Gasteiger partial charge >= 0.3 is 0 Å². The molecule has 0 aliphatic heterocycles. The van der Waals surface area contributed by atoms with E-state index in [1.54, 1.807) is 14.2 Å². The van der Waals surface area contributed by atoms with E-state index in [9.17, 15) is 0 Å². The summed E-state index contributed by atoms with van der Waals surface area (Å²) in [5.41, 5.74) is 1.29. The molecule has 1 aliphatic rings. The van der Waals surface area contributed by atoms with Gasteiger partial charge in [0.25, 0.3) is 0 Å². The Morgan fingerprint density at radius 1 is 1.05 bits per heavy atom. The zero-order valence-electron chi connectivity index (χ0n) is 13.4. The van der Waals surface area contributed by atoms with E-state index >= 15 is 0 Å². The van der Waals surface area contributed by atoms with Gasteiger partial charge in [0.1, 0.15) is 12.1 Å². The summed E-state index contributed by atoms with van der Waals surface area (Å²) in [7, 11) is 5.18. The fourth-order valence-corrected chi connectivity index (χ4v) is 3.19. The van der Waals surface area contributed by atoms with Gasteiger partial charge in [0, 0.05) is 20.0 Å². The van der Waals surface area contributed by atoms with Gasteiger partial charge in [-0.1, -0.05) is 12.5 Å². The van der Waals surface area contributed by atoms with E-state index in [0.717, 1.165) is 24.5 Å². The second kappa shape index (κ2) is 8.25. The van der Waals surface area contributed by atoms with E-state index in [-0.39, 0.29) is 0 Å². The molecule has 0 unspecified atom stereocenters. The number of hydrogen-bond acceptors (Lipinski definition) is 3. The standard InChI is InChI=1S/C17H27NO3/c1-19-15-7-5-4-6-14(15)18-11-10-13-8-9-16(20-2)17(12-13)21-3/h8-9,12,14-15,18H,4-7,10-11H2,1-3H3/p+1/t14-,15-/m1/s1. The Morgan fingerprint density at radius 2 is 1.81 bits per heavy atom. The summed E-state index contributed by atoms with van der Waals surface area (Å²) in [4.78, 5) is 0. The molecule has 2 rings (SSSR count). The maximum absolute atomic E-state index is 5.61. The normalized spacial score (nSPS) is 22.0. The molecule has 1 aliphatic carbocycles. The van der Waals surface area contributed by atoms with Crippen LogP contribution in [0.25, 0.3) is 0 Å². The molecule has 4 heteroatoms. The number of hydrogen-bond donors (Lipinski definition) is 1. The van der Waals surface area contributed by atoms with E-state index in [4.69, 9.17) is 14.2 Å². The van der Waals surface area contributed by atoms with Gasteiger partial charge in [-0.25, -0.2) is 0 Å². The van der Waals surface area contributed by atoms with Crippen molar-refractivity contribution in [2.75, 3.05) is 27.9 Å². The Labute approximate surface area is 127 Å². The highest BCUT2D eigenvalue weighted by atomic mass is 16.5. The SMILES string of the molecule is COc1ccc(CC[NH2+][C@@H]2CCCC[C@H]2OC)cc1OC. The molecule has 0 aromatic heterocycles. The fraction of sp³-hybridized carbons (Fsp3) is 0.647. The molecule has 1 aromatic carbocycles. The van der Waals surface area contributed by atoms with Crippen molar-refractivity contribution in [2.24, 2.45) is 0 Å². The molecule has 0 heterocycles. The fourth-order valence-electron chi connectivity index (χ4n) is 3.19. The van der Waals surface area contributed by atoms with E-state index in [1.165, 1.54) is 31.2 Å². The van der Waals surface area contributed by atoms with Crippen molar-refractivity contribution in [3.8, 4) is 11.5 Å². The van der Waals surface area contributed by atoms with Crippen LogP contribution < -0.4 is 14.8 Å². The largest absolute Gasteiger partial charge is 0.493 e. The van der Waals surface area contributed by atoms with E-state index < -0.39 is 0 Å². The Morgan fingerprint density at radius 3 is 2.52 bits per heavy atom. The van der Waals surface area contributed by atoms with Crippen molar-refractivity contribution in [2.45, 2.75) is 44.2 Å². The first-order valence-corrected chi connectivity index (χ1v) is 7.85. The van der Waals surface area contributed by atoms with Crippen LogP contribution in [0.4, 0.5) is 0 Å². The quantitative estimate of drug-likeness (QED) is 0.833. The number of quaternary nitrogens is 1. The molecule has 4 nitrogen and oxygen atoms in total. The second-order valence-electron chi connectivity index (χ2n) is 5.69. The van der Waals surface area contributed by atoms with Crippen molar-refractivity contribution in [3.05, 3.63) is 23.8 Å². The minimum absolute atomic E-state index is 0.421. The first kappa shape index (κ1) is 16.1. The zero-order chi connectivity index (χ0) is 15.1. The van der Waals surface area contributed by atoms with Gasteiger partial charge in [-0.15, -0.1) is 0 Å². The average Bonchev–Trinajstić information content (AvgIpc) is 2.55. The monoisotopic (exact) mass is 294 g/mol. The van der Waals surface area contributed by atoms with E-state index in [2.05, 4.69) is 17.4 Å². The van der Waals surface area contributed by atoms with Crippen molar-refractivity contribution in [3.63, 3.8) is 0 Å². The Bertz CT molecular complexity index is 436. The minimum atomic E-state index is 0.421. The van der Waals surface area contributed by atoms with Crippen LogP contribution in [0, 0.1) is 0 Å². The molecule has 0 saturated heterocycles. The van der Waals surface area contributed by atoms with Crippen molar-refractivity contribution in [1.29, 1.82) is 0 Å². The van der Waals surface area contributed by atoms with Gasteiger partial charge in [0.15, 0.2) is 11.5 Å². The first-order chi connectivity index (χ1) is 10.3. The van der Waals surface area contributed by atoms with E-state index in [0.29, 0.717) is 12.1 Å². The highest BCUT2D eigenvalue weighted by Gasteiger charge is 2.27.